The molecular formula is C15H19N3O2S. The predicted molar refractivity (Wildman–Crippen MR) is 82.1 cm³/mol. The van der Waals surface area contributed by atoms with Crippen molar-refractivity contribution in [2.24, 2.45) is 11.7 Å². The normalized spacial score (nSPS) is 20.5. The molecule has 0 saturated carbocycles. The van der Waals surface area contributed by atoms with Crippen molar-refractivity contribution in [3.63, 3.8) is 0 Å². The maximum Gasteiger partial charge on any atom is 0.273 e. The zero-order chi connectivity index (χ0) is 14.8. The molecule has 0 radical (unpaired) electrons. The van der Waals surface area contributed by atoms with Crippen LogP contribution in [0.3, 0.4) is 0 Å². The third-order valence-corrected chi connectivity index (χ3v) is 4.87. The van der Waals surface area contributed by atoms with Gasteiger partial charge in [-0.1, -0.05) is 0 Å². The summed E-state index contributed by atoms with van der Waals surface area (Å²) in [5, 5.41) is 2.63. The predicted octanol–water partition coefficient (Wildman–Crippen LogP) is 2.60. The molecular weight excluding hydrogens is 286 g/mol. The van der Waals surface area contributed by atoms with E-state index in [1.165, 1.54) is 11.3 Å². The topological polar surface area (TPSA) is 72.4 Å². The number of carbonyl (C=O) groups is 1. The van der Waals surface area contributed by atoms with Gasteiger partial charge in [-0.25, -0.2) is 4.98 Å². The van der Waals surface area contributed by atoms with Crippen LogP contribution in [0.25, 0.3) is 10.6 Å². The number of nitrogens with two attached hydrogens (primary N) is 1. The van der Waals surface area contributed by atoms with Crippen molar-refractivity contribution in [3.8, 4) is 10.6 Å². The van der Waals surface area contributed by atoms with Crippen LogP contribution < -0.4 is 5.73 Å². The van der Waals surface area contributed by atoms with Gasteiger partial charge < -0.3 is 15.1 Å². The lowest BCUT2D eigenvalue weighted by molar-refractivity contribution is 0.0656. The molecule has 3 heterocycles. The van der Waals surface area contributed by atoms with Crippen LogP contribution in [-0.4, -0.2) is 34.9 Å². The van der Waals surface area contributed by atoms with Crippen LogP contribution in [0, 0.1) is 5.92 Å². The highest BCUT2D eigenvalue weighted by Crippen LogP contribution is 2.26. The van der Waals surface area contributed by atoms with Crippen LogP contribution in [0.15, 0.2) is 28.4 Å². The fourth-order valence-electron chi connectivity index (χ4n) is 2.68. The van der Waals surface area contributed by atoms with Crippen LogP contribution in [0.5, 0.6) is 0 Å². The minimum atomic E-state index is 0.00587. The second-order valence-corrected chi connectivity index (χ2v) is 6.42. The summed E-state index contributed by atoms with van der Waals surface area (Å²) in [5.41, 5.74) is 7.40. The Kier molecular flexibility index (Phi) is 4.07. The molecule has 2 aromatic rings. The first-order chi connectivity index (χ1) is 10.1. The number of nitrogens with zero attached hydrogens (tertiary/aromatic N) is 2. The molecule has 3 rings (SSSR count). The van der Waals surface area contributed by atoms with Gasteiger partial charge in [0.1, 0.15) is 17.0 Å². The summed E-state index contributed by atoms with van der Waals surface area (Å²) >= 11 is 1.46. The summed E-state index contributed by atoms with van der Waals surface area (Å²) < 4.78 is 5.05. The average Bonchev–Trinajstić information content (AvgIpc) is 3.17. The van der Waals surface area contributed by atoms with Crippen molar-refractivity contribution in [2.75, 3.05) is 13.1 Å². The molecule has 5 nitrogen and oxygen atoms in total. The molecule has 21 heavy (non-hydrogen) atoms. The van der Waals surface area contributed by atoms with Crippen LogP contribution >= 0.6 is 11.3 Å². The van der Waals surface area contributed by atoms with Gasteiger partial charge in [0.25, 0.3) is 5.91 Å². The van der Waals surface area contributed by atoms with Crippen LogP contribution in [0.2, 0.25) is 0 Å². The average molecular weight is 305 g/mol. The number of rotatable bonds is 3. The number of thiazole rings is 1. The molecule has 1 aliphatic heterocycles. The molecule has 6 heteroatoms. The van der Waals surface area contributed by atoms with Gasteiger partial charge in [0.05, 0.1) is 6.26 Å². The highest BCUT2D eigenvalue weighted by atomic mass is 32.1. The maximum atomic E-state index is 12.6. The van der Waals surface area contributed by atoms with Gasteiger partial charge in [0, 0.05) is 30.1 Å². The Bertz CT molecular complexity index is 606. The lowest BCUT2D eigenvalue weighted by atomic mass is 9.92. The molecule has 2 unspecified atom stereocenters. The summed E-state index contributed by atoms with van der Waals surface area (Å²) in [6.07, 6.45) is 5.35. The number of piperidine rings is 1. The lowest BCUT2D eigenvalue weighted by Crippen LogP contribution is -2.45. The zero-order valence-electron chi connectivity index (χ0n) is 12.0. The SMILES string of the molecule is CC(N)C1CCCN(C(=O)c2csc(-c3ccoc3)n2)C1. The molecule has 2 atom stereocenters. The minimum Gasteiger partial charge on any atom is -0.472 e. The molecule has 2 N–H and O–H groups in total. The molecule has 2 aromatic heterocycles. The lowest BCUT2D eigenvalue weighted by Gasteiger charge is -2.34. The summed E-state index contributed by atoms with van der Waals surface area (Å²) in [4.78, 5) is 18.9. The monoisotopic (exact) mass is 305 g/mol. The fourth-order valence-corrected chi connectivity index (χ4v) is 3.46. The van der Waals surface area contributed by atoms with Gasteiger partial charge in [0.2, 0.25) is 0 Å². The Morgan fingerprint density at radius 1 is 1.62 bits per heavy atom. The Labute approximate surface area is 127 Å². The second kappa shape index (κ2) is 5.99. The minimum absolute atomic E-state index is 0.00587. The van der Waals surface area contributed by atoms with E-state index in [0.717, 1.165) is 36.5 Å². The van der Waals surface area contributed by atoms with E-state index in [1.807, 2.05) is 23.3 Å². The summed E-state index contributed by atoms with van der Waals surface area (Å²) in [6, 6.07) is 1.97. The first kappa shape index (κ1) is 14.3. The Balaban J connectivity index is 1.73. The van der Waals surface area contributed by atoms with E-state index in [9.17, 15) is 4.79 Å². The van der Waals surface area contributed by atoms with E-state index in [-0.39, 0.29) is 11.9 Å². The Morgan fingerprint density at radius 3 is 3.19 bits per heavy atom. The highest BCUT2D eigenvalue weighted by Gasteiger charge is 2.27. The number of amides is 1. The zero-order valence-corrected chi connectivity index (χ0v) is 12.8. The van der Waals surface area contributed by atoms with Gasteiger partial charge >= 0.3 is 0 Å². The summed E-state index contributed by atoms with van der Waals surface area (Å²) in [6.45, 7) is 3.54. The van der Waals surface area contributed by atoms with E-state index in [4.69, 9.17) is 10.2 Å². The number of hydrogen-bond acceptors (Lipinski definition) is 5. The second-order valence-electron chi connectivity index (χ2n) is 5.56. The third kappa shape index (κ3) is 3.01. The summed E-state index contributed by atoms with van der Waals surface area (Å²) in [7, 11) is 0. The van der Waals surface area contributed by atoms with Crippen LogP contribution in [0.4, 0.5) is 0 Å². The van der Waals surface area contributed by atoms with Gasteiger partial charge in [-0.3, -0.25) is 4.79 Å². The third-order valence-electron chi connectivity index (χ3n) is 3.98. The van der Waals surface area contributed by atoms with Gasteiger partial charge in [-0.2, -0.15) is 0 Å². The molecule has 112 valence electrons. The first-order valence-electron chi connectivity index (χ1n) is 7.18. The molecule has 0 aromatic carbocycles. The van der Waals surface area contributed by atoms with Crippen molar-refractivity contribution in [1.82, 2.24) is 9.88 Å². The van der Waals surface area contributed by atoms with Crippen molar-refractivity contribution < 1.29 is 9.21 Å². The van der Waals surface area contributed by atoms with Crippen molar-refractivity contribution in [3.05, 3.63) is 29.7 Å². The Morgan fingerprint density at radius 2 is 2.48 bits per heavy atom. The number of carbonyl (C=O) groups excluding carboxylic acids is 1. The van der Waals surface area contributed by atoms with E-state index < -0.39 is 0 Å². The molecule has 0 spiro atoms. The van der Waals surface area contributed by atoms with Crippen molar-refractivity contribution in [2.45, 2.75) is 25.8 Å². The quantitative estimate of drug-likeness (QED) is 0.946. The fraction of sp³-hybridized carbons (Fsp3) is 0.467. The van der Waals surface area contributed by atoms with Gasteiger partial charge in [0.15, 0.2) is 0 Å². The largest absolute Gasteiger partial charge is 0.472 e. The van der Waals surface area contributed by atoms with E-state index in [0.29, 0.717) is 11.6 Å². The van der Waals surface area contributed by atoms with Crippen molar-refractivity contribution in [1.29, 1.82) is 0 Å². The van der Waals surface area contributed by atoms with Crippen LogP contribution in [-0.2, 0) is 0 Å². The number of hydrogen-bond donors (Lipinski definition) is 1. The van der Waals surface area contributed by atoms with E-state index in [1.54, 1.807) is 12.5 Å². The standard InChI is InChI=1S/C15H19N3O2S/c1-10(16)11-3-2-5-18(7-11)15(19)13-9-21-14(17-13)12-4-6-20-8-12/h4,6,8-11H,2-3,5,7,16H2,1H3. The number of furan rings is 1. The van der Waals surface area contributed by atoms with E-state index >= 15 is 0 Å². The molecule has 0 bridgehead atoms. The van der Waals surface area contributed by atoms with Crippen LogP contribution in [0.1, 0.15) is 30.3 Å². The number of likely N-dealkylation sites (tertiary alicyclic amines) is 1. The smallest absolute Gasteiger partial charge is 0.273 e. The number of aromatic nitrogens is 1. The Hall–Kier alpha value is -1.66. The molecule has 1 aliphatic rings. The van der Waals surface area contributed by atoms with Gasteiger partial charge in [-0.05, 0) is 31.7 Å². The maximum absolute atomic E-state index is 12.6. The first-order valence-corrected chi connectivity index (χ1v) is 8.06. The molecule has 1 fully saturated rings. The van der Waals surface area contributed by atoms with E-state index in [2.05, 4.69) is 4.98 Å². The molecule has 0 aliphatic carbocycles. The van der Waals surface area contributed by atoms with Crippen molar-refractivity contribution >= 4 is 17.2 Å². The molecule has 1 amide bonds. The highest BCUT2D eigenvalue weighted by molar-refractivity contribution is 7.13. The summed E-state index contributed by atoms with van der Waals surface area (Å²) in [5.74, 6) is 0.390. The molecule has 1 saturated heterocycles. The van der Waals surface area contributed by atoms with Gasteiger partial charge in [-0.15, -0.1) is 11.3 Å².